The van der Waals surface area contributed by atoms with Crippen LogP contribution in [0.5, 0.6) is 0 Å². The van der Waals surface area contributed by atoms with Crippen LogP contribution < -0.4 is 0 Å². The minimum absolute atomic E-state index is 0.142. The van der Waals surface area contributed by atoms with Crippen molar-refractivity contribution >= 4 is 16.8 Å². The third-order valence-corrected chi connectivity index (χ3v) is 5.37. The molecule has 1 saturated heterocycles. The van der Waals surface area contributed by atoms with E-state index in [-0.39, 0.29) is 12.1 Å². The molecule has 3 nitrogen and oxygen atoms in total. The van der Waals surface area contributed by atoms with Crippen molar-refractivity contribution in [1.82, 2.24) is 9.47 Å². The molecular formula is C20H18N2O. The highest BCUT2D eigenvalue weighted by molar-refractivity contribution is 5.93. The van der Waals surface area contributed by atoms with Gasteiger partial charge in [-0.2, -0.15) is 0 Å². The summed E-state index contributed by atoms with van der Waals surface area (Å²) in [5.74, 6) is 0.271. The maximum absolute atomic E-state index is 12.4. The highest BCUT2D eigenvalue weighted by Crippen LogP contribution is 2.44. The van der Waals surface area contributed by atoms with Gasteiger partial charge >= 0.3 is 0 Å². The number of benzene rings is 2. The molecule has 0 saturated carbocycles. The smallest absolute Gasteiger partial charge is 0.224 e. The maximum atomic E-state index is 12.4. The van der Waals surface area contributed by atoms with Gasteiger partial charge in [0.1, 0.15) is 6.17 Å². The van der Waals surface area contributed by atoms with E-state index in [9.17, 15) is 4.79 Å². The van der Waals surface area contributed by atoms with Gasteiger partial charge in [-0.3, -0.25) is 4.79 Å². The summed E-state index contributed by atoms with van der Waals surface area (Å²) >= 11 is 0. The fourth-order valence-electron chi connectivity index (χ4n) is 4.32. The molecule has 3 heteroatoms. The van der Waals surface area contributed by atoms with Crippen LogP contribution in [0.25, 0.3) is 22.2 Å². The number of nitrogens with zero attached hydrogens (tertiary/aromatic N) is 2. The molecule has 0 unspecified atom stereocenters. The highest BCUT2D eigenvalue weighted by atomic mass is 16.2. The van der Waals surface area contributed by atoms with Gasteiger partial charge in [0.15, 0.2) is 0 Å². The molecule has 1 aromatic heterocycles. The summed E-state index contributed by atoms with van der Waals surface area (Å²) in [6, 6.07) is 17.1. The van der Waals surface area contributed by atoms with Gasteiger partial charge in [0.25, 0.3) is 0 Å². The van der Waals surface area contributed by atoms with Crippen LogP contribution in [0.4, 0.5) is 0 Å². The number of carbonyl (C=O) groups excluding carboxylic acids is 1. The van der Waals surface area contributed by atoms with E-state index in [1.54, 1.807) is 0 Å². The van der Waals surface area contributed by atoms with Crippen molar-refractivity contribution in [3.63, 3.8) is 0 Å². The number of rotatable bonds is 0. The number of amides is 1. The molecule has 2 aromatic carbocycles. The van der Waals surface area contributed by atoms with Crippen LogP contribution in [0.3, 0.4) is 0 Å². The van der Waals surface area contributed by atoms with Crippen molar-refractivity contribution in [2.45, 2.75) is 32.5 Å². The topological polar surface area (TPSA) is 25.2 Å². The lowest BCUT2D eigenvalue weighted by Gasteiger charge is -2.25. The molecule has 3 heterocycles. The standard InChI is InChI=1S/C20H18N2O/c1-13-15-7-4-5-9-17(15)22-18-10-11-19(23)21(18)12-14-6-2-3-8-16(14)20(13)22/h2-9,18H,10-12H2,1H3/t18-/m1/s1. The monoisotopic (exact) mass is 302 g/mol. The van der Waals surface area contributed by atoms with Crippen molar-refractivity contribution < 1.29 is 4.79 Å². The van der Waals surface area contributed by atoms with E-state index in [1.807, 2.05) is 0 Å². The van der Waals surface area contributed by atoms with Gasteiger partial charge in [0, 0.05) is 23.9 Å². The zero-order valence-electron chi connectivity index (χ0n) is 13.1. The molecule has 5 rings (SSSR count). The third-order valence-electron chi connectivity index (χ3n) is 5.37. The molecule has 1 atom stereocenters. The number of hydrogen-bond donors (Lipinski definition) is 0. The fraction of sp³-hybridized carbons (Fsp3) is 0.250. The molecule has 3 aromatic rings. The van der Waals surface area contributed by atoms with Crippen LogP contribution in [0.15, 0.2) is 48.5 Å². The van der Waals surface area contributed by atoms with Gasteiger partial charge in [0.05, 0.1) is 11.2 Å². The van der Waals surface area contributed by atoms with Gasteiger partial charge in [0.2, 0.25) is 5.91 Å². The summed E-state index contributed by atoms with van der Waals surface area (Å²) in [6.45, 7) is 2.92. The number of aryl methyl sites for hydroxylation is 1. The lowest BCUT2D eigenvalue weighted by atomic mass is 10.0. The molecular weight excluding hydrogens is 284 g/mol. The summed E-state index contributed by atoms with van der Waals surface area (Å²) in [6.07, 6.45) is 1.69. The Morgan fingerprint density at radius 1 is 1.04 bits per heavy atom. The summed E-state index contributed by atoms with van der Waals surface area (Å²) < 4.78 is 2.40. The fourth-order valence-corrected chi connectivity index (χ4v) is 4.32. The summed E-state index contributed by atoms with van der Waals surface area (Å²) in [7, 11) is 0. The van der Waals surface area contributed by atoms with E-state index in [2.05, 4.69) is 64.9 Å². The van der Waals surface area contributed by atoms with E-state index in [4.69, 9.17) is 0 Å². The highest BCUT2D eigenvalue weighted by Gasteiger charge is 2.37. The molecule has 0 aliphatic carbocycles. The Hall–Kier alpha value is -2.55. The molecule has 1 amide bonds. The second kappa shape index (κ2) is 4.48. The Balaban J connectivity index is 1.94. The molecule has 0 N–H and O–H groups in total. The first-order chi connectivity index (χ1) is 11.3. The van der Waals surface area contributed by atoms with Gasteiger partial charge in [-0.1, -0.05) is 42.5 Å². The van der Waals surface area contributed by atoms with Crippen LogP contribution in [0.1, 0.15) is 30.1 Å². The minimum atomic E-state index is 0.142. The van der Waals surface area contributed by atoms with Crippen LogP contribution in [-0.4, -0.2) is 15.4 Å². The first-order valence-corrected chi connectivity index (χ1v) is 8.23. The lowest BCUT2D eigenvalue weighted by Crippen LogP contribution is -2.29. The Labute approximate surface area is 135 Å². The Kier molecular flexibility index (Phi) is 2.52. The molecule has 1 fully saturated rings. The average Bonchev–Trinajstić information content (AvgIpc) is 3.02. The van der Waals surface area contributed by atoms with Crippen LogP contribution in [-0.2, 0) is 11.3 Å². The predicted octanol–water partition coefficient (Wildman–Crippen LogP) is 4.25. The van der Waals surface area contributed by atoms with Crippen molar-refractivity contribution in [2.75, 3.05) is 0 Å². The summed E-state index contributed by atoms with van der Waals surface area (Å²) in [4.78, 5) is 14.5. The van der Waals surface area contributed by atoms with E-state index >= 15 is 0 Å². The van der Waals surface area contributed by atoms with E-state index in [0.29, 0.717) is 6.42 Å². The van der Waals surface area contributed by atoms with Gasteiger partial charge in [-0.25, -0.2) is 0 Å². The first kappa shape index (κ1) is 12.9. The van der Waals surface area contributed by atoms with Gasteiger partial charge in [-0.15, -0.1) is 0 Å². The Morgan fingerprint density at radius 2 is 1.83 bits per heavy atom. The van der Waals surface area contributed by atoms with Crippen molar-refractivity contribution in [3.8, 4) is 11.3 Å². The predicted molar refractivity (Wildman–Crippen MR) is 90.9 cm³/mol. The van der Waals surface area contributed by atoms with E-state index < -0.39 is 0 Å². The van der Waals surface area contributed by atoms with Crippen LogP contribution in [0.2, 0.25) is 0 Å². The van der Waals surface area contributed by atoms with Crippen molar-refractivity contribution in [2.24, 2.45) is 0 Å². The molecule has 23 heavy (non-hydrogen) atoms. The number of fused-ring (bicyclic) bond motifs is 7. The van der Waals surface area contributed by atoms with Crippen molar-refractivity contribution in [3.05, 3.63) is 59.7 Å². The first-order valence-electron chi connectivity index (χ1n) is 8.23. The second-order valence-corrected chi connectivity index (χ2v) is 6.56. The molecule has 2 aliphatic heterocycles. The minimum Gasteiger partial charge on any atom is -0.319 e. The Bertz CT molecular complexity index is 953. The van der Waals surface area contributed by atoms with E-state index in [1.165, 1.54) is 33.3 Å². The van der Waals surface area contributed by atoms with Gasteiger partial charge in [-0.05, 0) is 30.5 Å². The normalized spacial score (nSPS) is 19.4. The average molecular weight is 302 g/mol. The third kappa shape index (κ3) is 1.62. The Morgan fingerprint density at radius 3 is 2.74 bits per heavy atom. The second-order valence-electron chi connectivity index (χ2n) is 6.56. The molecule has 114 valence electrons. The van der Waals surface area contributed by atoms with Crippen LogP contribution >= 0.6 is 0 Å². The quantitative estimate of drug-likeness (QED) is 0.609. The molecule has 0 bridgehead atoms. The van der Waals surface area contributed by atoms with Crippen LogP contribution in [0, 0.1) is 6.92 Å². The lowest BCUT2D eigenvalue weighted by molar-refractivity contribution is -0.130. The maximum Gasteiger partial charge on any atom is 0.224 e. The molecule has 0 radical (unpaired) electrons. The zero-order valence-corrected chi connectivity index (χ0v) is 13.1. The van der Waals surface area contributed by atoms with Crippen molar-refractivity contribution in [1.29, 1.82) is 0 Å². The number of aromatic nitrogens is 1. The summed E-state index contributed by atoms with van der Waals surface area (Å²) in [5.41, 5.74) is 6.35. The SMILES string of the molecule is Cc1c2n(c3ccccc13)[C@@H]1CCC(=O)N1Cc1ccccc1-2. The zero-order chi connectivity index (χ0) is 15.6. The van der Waals surface area contributed by atoms with E-state index in [0.717, 1.165) is 13.0 Å². The largest absolute Gasteiger partial charge is 0.319 e. The molecule has 0 spiro atoms. The molecule has 2 aliphatic rings. The number of hydrogen-bond acceptors (Lipinski definition) is 1. The number of para-hydroxylation sites is 1. The summed E-state index contributed by atoms with van der Waals surface area (Å²) in [5, 5.41) is 1.29. The van der Waals surface area contributed by atoms with Gasteiger partial charge < -0.3 is 9.47 Å². The number of carbonyl (C=O) groups is 1.